The van der Waals surface area contributed by atoms with Crippen LogP contribution in [0.15, 0.2) is 58.7 Å². The molecule has 3 aromatic rings. The molecule has 5 rings (SSSR count). The first kappa shape index (κ1) is 24.3. The minimum absolute atomic E-state index is 0.232. The molecule has 1 saturated heterocycles. The second-order valence-corrected chi connectivity index (χ2v) is 11.2. The van der Waals surface area contributed by atoms with Crippen LogP contribution in [0.25, 0.3) is 0 Å². The molecule has 11 heteroatoms. The zero-order chi connectivity index (χ0) is 25.1. The molecule has 1 N–H and O–H groups in total. The summed E-state index contributed by atoms with van der Waals surface area (Å²) in [5.41, 5.74) is 3.43. The number of sulfone groups is 1. The summed E-state index contributed by atoms with van der Waals surface area (Å²) in [6, 6.07) is 12.6. The van der Waals surface area contributed by atoms with E-state index in [9.17, 15) is 8.42 Å². The van der Waals surface area contributed by atoms with Crippen molar-refractivity contribution in [2.45, 2.75) is 31.2 Å². The zero-order valence-electron chi connectivity index (χ0n) is 20.6. The number of anilines is 2. The Morgan fingerprint density at radius 1 is 1.08 bits per heavy atom. The Morgan fingerprint density at radius 2 is 1.86 bits per heavy atom. The van der Waals surface area contributed by atoms with E-state index < -0.39 is 9.84 Å². The zero-order valence-corrected chi connectivity index (χ0v) is 21.4. The molecule has 0 amide bonds. The molecule has 36 heavy (non-hydrogen) atoms. The monoisotopic (exact) mass is 509 g/mol. The predicted molar refractivity (Wildman–Crippen MR) is 139 cm³/mol. The molecular weight excluding hydrogens is 478 g/mol. The molecule has 0 unspecified atom stereocenters. The fraction of sp³-hybridized carbons (Fsp3) is 0.400. The summed E-state index contributed by atoms with van der Waals surface area (Å²) in [5, 5.41) is 14.3. The van der Waals surface area contributed by atoms with E-state index in [1.54, 1.807) is 29.3 Å². The third-order valence-corrected chi connectivity index (χ3v) is 7.52. The second kappa shape index (κ2) is 10.3. The average molecular weight is 510 g/mol. The van der Waals surface area contributed by atoms with E-state index in [4.69, 9.17) is 4.74 Å². The number of pyridine rings is 1. The highest BCUT2D eigenvalue weighted by molar-refractivity contribution is 7.90. The van der Waals surface area contributed by atoms with E-state index in [-0.39, 0.29) is 11.6 Å². The minimum atomic E-state index is -3.24. The maximum absolute atomic E-state index is 11.7. The van der Waals surface area contributed by atoms with Crippen molar-refractivity contribution in [2.75, 3.05) is 49.5 Å². The van der Waals surface area contributed by atoms with E-state index in [1.807, 2.05) is 29.9 Å². The van der Waals surface area contributed by atoms with Gasteiger partial charge in [0.15, 0.2) is 16.6 Å². The lowest BCUT2D eigenvalue weighted by Gasteiger charge is -2.15. The molecule has 2 aliphatic heterocycles. The minimum Gasteiger partial charge on any atom is -0.452 e. The highest BCUT2D eigenvalue weighted by atomic mass is 32.2. The Balaban J connectivity index is 1.20. The number of nitrogens with zero attached hydrogens (tertiary/aromatic N) is 6. The number of hydrazone groups is 1. The quantitative estimate of drug-likeness (QED) is 0.470. The molecule has 1 fully saturated rings. The largest absolute Gasteiger partial charge is 0.452 e. The summed E-state index contributed by atoms with van der Waals surface area (Å²) in [4.78, 5) is 7.30. The number of likely N-dealkylation sites (tertiary alicyclic amines) is 1. The summed E-state index contributed by atoms with van der Waals surface area (Å²) in [5.74, 6) is 1.31. The van der Waals surface area contributed by atoms with Crippen LogP contribution in [0.5, 0.6) is 0 Å². The number of nitrogens with one attached hydrogen (secondary N) is 1. The van der Waals surface area contributed by atoms with Gasteiger partial charge < -0.3 is 15.0 Å². The van der Waals surface area contributed by atoms with Crippen LogP contribution < -0.4 is 10.3 Å². The molecule has 0 aliphatic carbocycles. The summed E-state index contributed by atoms with van der Waals surface area (Å²) < 4.78 is 31.0. The molecular formula is C25H31N7O3S. The number of ether oxygens (including phenoxy) is 1. The first-order valence-corrected chi connectivity index (χ1v) is 14.0. The second-order valence-electron chi connectivity index (χ2n) is 9.20. The van der Waals surface area contributed by atoms with Crippen LogP contribution in [0.1, 0.15) is 29.8 Å². The lowest BCUT2D eigenvalue weighted by atomic mass is 10.2. The molecule has 2 aliphatic rings. The molecule has 1 aromatic carbocycles. The molecule has 0 atom stereocenters. The van der Waals surface area contributed by atoms with Crippen LogP contribution in [0, 0.1) is 6.92 Å². The summed E-state index contributed by atoms with van der Waals surface area (Å²) in [7, 11) is -3.24. The van der Waals surface area contributed by atoms with Crippen LogP contribution in [0.4, 0.5) is 11.5 Å². The van der Waals surface area contributed by atoms with Gasteiger partial charge >= 0.3 is 0 Å². The number of hydrogen-bond acceptors (Lipinski definition) is 9. The van der Waals surface area contributed by atoms with Crippen molar-refractivity contribution in [1.29, 1.82) is 0 Å². The number of aryl methyl sites for hydroxylation is 1. The van der Waals surface area contributed by atoms with Gasteiger partial charge in [0.05, 0.1) is 17.1 Å². The predicted octanol–water partition coefficient (Wildman–Crippen LogP) is 2.70. The van der Waals surface area contributed by atoms with Crippen LogP contribution in [0.3, 0.4) is 0 Å². The van der Waals surface area contributed by atoms with Gasteiger partial charge in [-0.1, -0.05) is 6.07 Å². The van der Waals surface area contributed by atoms with Gasteiger partial charge in [0, 0.05) is 31.2 Å². The summed E-state index contributed by atoms with van der Waals surface area (Å²) >= 11 is 0. The maximum atomic E-state index is 11.7. The highest BCUT2D eigenvalue weighted by Crippen LogP contribution is 2.22. The van der Waals surface area contributed by atoms with Gasteiger partial charge in [-0.25, -0.2) is 18.4 Å². The summed E-state index contributed by atoms with van der Waals surface area (Å²) in [6.07, 6.45) is 5.68. The van der Waals surface area contributed by atoms with Crippen molar-refractivity contribution in [1.82, 2.24) is 19.7 Å². The van der Waals surface area contributed by atoms with Crippen molar-refractivity contribution in [3.05, 3.63) is 65.6 Å². The molecule has 190 valence electrons. The van der Waals surface area contributed by atoms with Gasteiger partial charge in [0.25, 0.3) is 5.90 Å². The topological polar surface area (TPSA) is 105 Å². The molecule has 4 heterocycles. The Bertz CT molecular complexity index is 1330. The van der Waals surface area contributed by atoms with E-state index in [1.165, 1.54) is 32.2 Å². The van der Waals surface area contributed by atoms with E-state index >= 15 is 0 Å². The van der Waals surface area contributed by atoms with Crippen molar-refractivity contribution in [3.8, 4) is 0 Å². The Hall–Kier alpha value is -3.44. The van der Waals surface area contributed by atoms with Crippen molar-refractivity contribution in [2.24, 2.45) is 5.10 Å². The third-order valence-electron chi connectivity index (χ3n) is 6.39. The van der Waals surface area contributed by atoms with Gasteiger partial charge in [-0.3, -0.25) is 4.68 Å². The van der Waals surface area contributed by atoms with Crippen molar-refractivity contribution in [3.63, 3.8) is 0 Å². The summed E-state index contributed by atoms with van der Waals surface area (Å²) in [6.45, 7) is 7.17. The molecule has 0 bridgehead atoms. The van der Waals surface area contributed by atoms with Crippen LogP contribution >= 0.6 is 0 Å². The molecule has 0 spiro atoms. The Kier molecular flexibility index (Phi) is 6.92. The number of aromatic nitrogens is 3. The van der Waals surface area contributed by atoms with Crippen LogP contribution in [-0.2, 0) is 21.1 Å². The third kappa shape index (κ3) is 5.68. The Labute approximate surface area is 211 Å². The fourth-order valence-corrected chi connectivity index (χ4v) is 4.96. The van der Waals surface area contributed by atoms with E-state index in [2.05, 4.69) is 31.5 Å². The van der Waals surface area contributed by atoms with E-state index in [0.717, 1.165) is 35.9 Å². The lowest BCUT2D eigenvalue weighted by Crippen LogP contribution is -2.26. The molecule has 0 saturated carbocycles. The normalized spacial score (nSPS) is 16.3. The van der Waals surface area contributed by atoms with Gasteiger partial charge in [-0.2, -0.15) is 5.10 Å². The standard InChI is InChI=1S/C25H31N7O3S/c1-19-15-23(25-29-32(18-35-25)21-6-8-22(9-7-21)36(2,33)34)28-31(19)17-20-5-10-24(27-16-20)26-11-14-30-12-3-4-13-30/h5-10,15-16H,3-4,11-14,17-18H2,1-2H3,(H,26,27). The number of benzene rings is 1. The lowest BCUT2D eigenvalue weighted by molar-refractivity contribution is 0.337. The highest BCUT2D eigenvalue weighted by Gasteiger charge is 2.22. The molecule has 10 nitrogen and oxygen atoms in total. The number of rotatable bonds is 9. The smallest absolute Gasteiger partial charge is 0.261 e. The number of hydrogen-bond donors (Lipinski definition) is 1. The van der Waals surface area contributed by atoms with Crippen molar-refractivity contribution < 1.29 is 13.2 Å². The average Bonchev–Trinajstić information content (AvgIpc) is 3.62. The first-order valence-electron chi connectivity index (χ1n) is 12.1. The van der Waals surface area contributed by atoms with E-state index in [0.29, 0.717) is 18.1 Å². The first-order chi connectivity index (χ1) is 17.3. The molecule has 2 aromatic heterocycles. The van der Waals surface area contributed by atoms with Crippen molar-refractivity contribution >= 4 is 27.2 Å². The fourth-order valence-electron chi connectivity index (χ4n) is 4.33. The Morgan fingerprint density at radius 3 is 2.56 bits per heavy atom. The van der Waals surface area contributed by atoms with Gasteiger partial charge in [0.1, 0.15) is 11.5 Å². The SMILES string of the molecule is Cc1cc(C2=NN(c3ccc(S(C)(=O)=O)cc3)CO2)nn1Cc1ccc(NCCN2CCCC2)nc1. The van der Waals surface area contributed by atoms with Gasteiger partial charge in [0.2, 0.25) is 0 Å². The van der Waals surface area contributed by atoms with Gasteiger partial charge in [-0.05, 0) is 74.8 Å². The van der Waals surface area contributed by atoms with Crippen LogP contribution in [-0.4, -0.2) is 73.1 Å². The maximum Gasteiger partial charge on any atom is 0.261 e. The van der Waals surface area contributed by atoms with Crippen LogP contribution in [0.2, 0.25) is 0 Å². The van der Waals surface area contributed by atoms with Gasteiger partial charge in [-0.15, -0.1) is 5.10 Å². The molecule has 0 radical (unpaired) electrons.